The second kappa shape index (κ2) is 5.54. The lowest BCUT2D eigenvalue weighted by Crippen LogP contribution is -2.22. The molecule has 74 valence electrons. The van der Waals surface area contributed by atoms with Crippen LogP contribution in [0, 0.1) is 11.3 Å². The van der Waals surface area contributed by atoms with Gasteiger partial charge >= 0.3 is 5.97 Å². The van der Waals surface area contributed by atoms with E-state index in [0.29, 0.717) is 5.70 Å². The molecule has 0 aliphatic carbocycles. The molecule has 0 aromatic heterocycles. The number of nitrogens with zero attached hydrogens (tertiary/aromatic N) is 1. The first-order valence-corrected chi connectivity index (χ1v) is 3.74. The minimum absolute atomic E-state index is 0.188. The van der Waals surface area contributed by atoms with Crippen LogP contribution in [0.15, 0.2) is 23.9 Å². The van der Waals surface area contributed by atoms with E-state index in [9.17, 15) is 9.59 Å². The van der Waals surface area contributed by atoms with Gasteiger partial charge in [-0.3, -0.25) is 4.79 Å². The van der Waals surface area contributed by atoms with E-state index in [4.69, 9.17) is 10.4 Å². The maximum atomic E-state index is 11.1. The molecule has 0 spiro atoms. The van der Waals surface area contributed by atoms with Crippen molar-refractivity contribution in [3.8, 4) is 6.07 Å². The van der Waals surface area contributed by atoms with Gasteiger partial charge in [-0.25, -0.2) is 4.79 Å². The minimum atomic E-state index is -1.21. The van der Waals surface area contributed by atoms with Crippen molar-refractivity contribution in [3.05, 3.63) is 23.9 Å². The molecular formula is C9H10N2O3. The lowest BCUT2D eigenvalue weighted by Gasteiger charge is -2.03. The quantitative estimate of drug-likeness (QED) is 0.505. The second-order valence-corrected chi connectivity index (χ2v) is 2.59. The highest BCUT2D eigenvalue weighted by Crippen LogP contribution is 1.98. The third kappa shape index (κ3) is 4.72. The zero-order chi connectivity index (χ0) is 11.1. The van der Waals surface area contributed by atoms with Crippen molar-refractivity contribution in [2.24, 2.45) is 0 Å². The molecule has 0 heterocycles. The van der Waals surface area contributed by atoms with Crippen LogP contribution in [0.25, 0.3) is 0 Å². The zero-order valence-corrected chi connectivity index (χ0v) is 7.70. The molecule has 0 aromatic rings. The van der Waals surface area contributed by atoms with Crippen molar-refractivity contribution < 1.29 is 14.7 Å². The SMILES string of the molecule is C=C(CC(=O)NC(C)=CC#N)C(=O)O. The summed E-state index contributed by atoms with van der Waals surface area (Å²) in [5.74, 6) is -1.71. The summed E-state index contributed by atoms with van der Waals surface area (Å²) in [5.41, 5.74) is 0.183. The average Bonchev–Trinajstić information content (AvgIpc) is 2.03. The molecule has 14 heavy (non-hydrogen) atoms. The van der Waals surface area contributed by atoms with Crippen molar-refractivity contribution >= 4 is 11.9 Å². The summed E-state index contributed by atoms with van der Waals surface area (Å²) in [6.45, 7) is 4.74. The molecule has 0 aromatic carbocycles. The number of hydrogen-bond donors (Lipinski definition) is 2. The molecule has 0 aliphatic heterocycles. The Labute approximate surface area is 81.3 Å². The third-order valence-electron chi connectivity index (χ3n) is 1.29. The molecule has 0 saturated heterocycles. The number of hydrogen-bond acceptors (Lipinski definition) is 3. The monoisotopic (exact) mass is 194 g/mol. The van der Waals surface area contributed by atoms with E-state index in [0.717, 1.165) is 6.08 Å². The normalized spacial score (nSPS) is 10.1. The van der Waals surface area contributed by atoms with Crippen molar-refractivity contribution in [2.75, 3.05) is 0 Å². The molecule has 5 heteroatoms. The Hall–Kier alpha value is -2.09. The summed E-state index contributed by atoms with van der Waals surface area (Å²) in [4.78, 5) is 21.4. The lowest BCUT2D eigenvalue weighted by molar-refractivity contribution is -0.134. The average molecular weight is 194 g/mol. The number of aliphatic carboxylic acids is 1. The number of carbonyl (C=O) groups is 2. The van der Waals surface area contributed by atoms with Crippen molar-refractivity contribution in [3.63, 3.8) is 0 Å². The van der Waals surface area contributed by atoms with Crippen molar-refractivity contribution in [2.45, 2.75) is 13.3 Å². The zero-order valence-electron chi connectivity index (χ0n) is 7.70. The fourth-order valence-electron chi connectivity index (χ4n) is 0.666. The molecule has 0 fully saturated rings. The predicted octanol–water partition coefficient (Wildman–Crippen LogP) is 0.561. The number of carboxylic acids is 1. The summed E-state index contributed by atoms with van der Waals surface area (Å²) in [5, 5.41) is 19.0. The smallest absolute Gasteiger partial charge is 0.331 e. The van der Waals surface area contributed by atoms with Crippen molar-refractivity contribution in [1.29, 1.82) is 5.26 Å². The highest BCUT2D eigenvalue weighted by Gasteiger charge is 2.09. The highest BCUT2D eigenvalue weighted by molar-refractivity contribution is 5.93. The molecule has 0 bridgehead atoms. The summed E-state index contributed by atoms with van der Waals surface area (Å²) >= 11 is 0. The highest BCUT2D eigenvalue weighted by atomic mass is 16.4. The lowest BCUT2D eigenvalue weighted by atomic mass is 10.2. The largest absolute Gasteiger partial charge is 0.478 e. The first-order valence-electron chi connectivity index (χ1n) is 3.74. The van der Waals surface area contributed by atoms with Crippen LogP contribution < -0.4 is 5.32 Å². The van der Waals surface area contributed by atoms with Crippen LogP contribution >= 0.6 is 0 Å². The molecule has 5 nitrogen and oxygen atoms in total. The topological polar surface area (TPSA) is 90.2 Å². The third-order valence-corrected chi connectivity index (χ3v) is 1.29. The van der Waals surface area contributed by atoms with E-state index in [1.54, 1.807) is 6.07 Å². The number of rotatable bonds is 4. The van der Waals surface area contributed by atoms with Gasteiger partial charge in [0.05, 0.1) is 12.5 Å². The van der Waals surface area contributed by atoms with Gasteiger partial charge in [-0.15, -0.1) is 0 Å². The molecular weight excluding hydrogens is 184 g/mol. The van der Waals surface area contributed by atoms with E-state index < -0.39 is 11.9 Å². The molecule has 0 atom stereocenters. The first-order chi connectivity index (χ1) is 6.47. The number of carbonyl (C=O) groups excluding carboxylic acids is 1. The van der Waals surface area contributed by atoms with Crippen LogP contribution in [0.1, 0.15) is 13.3 Å². The van der Waals surface area contributed by atoms with E-state index >= 15 is 0 Å². The van der Waals surface area contributed by atoms with Crippen LogP contribution in [0.5, 0.6) is 0 Å². The van der Waals surface area contributed by atoms with Gasteiger partial charge in [0.15, 0.2) is 0 Å². The van der Waals surface area contributed by atoms with Gasteiger partial charge in [-0.1, -0.05) is 6.58 Å². The van der Waals surface area contributed by atoms with E-state index in [-0.39, 0.29) is 12.0 Å². The Balaban J connectivity index is 4.14. The Morgan fingerprint density at radius 3 is 2.64 bits per heavy atom. The van der Waals surface area contributed by atoms with Gasteiger partial charge in [0, 0.05) is 17.3 Å². The molecule has 0 aliphatic rings. The number of carboxylic acid groups (broad SMARTS) is 1. The van der Waals surface area contributed by atoms with E-state index in [2.05, 4.69) is 11.9 Å². The van der Waals surface area contributed by atoms with Gasteiger partial charge in [0.1, 0.15) is 0 Å². The molecule has 2 N–H and O–H groups in total. The summed E-state index contributed by atoms with van der Waals surface area (Å²) < 4.78 is 0. The standard InChI is InChI=1S/C9H10N2O3/c1-6(9(13)14)5-8(12)11-7(2)3-4-10/h3H,1,5H2,2H3,(H,11,12)(H,13,14). The maximum Gasteiger partial charge on any atom is 0.331 e. The van der Waals surface area contributed by atoms with E-state index in [1.807, 2.05) is 0 Å². The molecule has 1 amide bonds. The fraction of sp³-hybridized carbons (Fsp3) is 0.222. The van der Waals surface area contributed by atoms with Gasteiger partial charge in [0.25, 0.3) is 0 Å². The Kier molecular flexibility index (Phi) is 4.71. The molecule has 0 saturated carbocycles. The Bertz CT molecular complexity index is 336. The number of amides is 1. The van der Waals surface area contributed by atoms with Gasteiger partial charge < -0.3 is 10.4 Å². The van der Waals surface area contributed by atoms with E-state index in [1.165, 1.54) is 6.92 Å². The fourth-order valence-corrected chi connectivity index (χ4v) is 0.666. The summed E-state index contributed by atoms with van der Waals surface area (Å²) in [7, 11) is 0. The van der Waals surface area contributed by atoms with Gasteiger partial charge in [-0.2, -0.15) is 5.26 Å². The Morgan fingerprint density at radius 1 is 1.64 bits per heavy atom. The summed E-state index contributed by atoms with van der Waals surface area (Å²) in [6, 6.07) is 1.73. The van der Waals surface area contributed by atoms with Gasteiger partial charge in [0.2, 0.25) is 5.91 Å². The van der Waals surface area contributed by atoms with Crippen molar-refractivity contribution in [1.82, 2.24) is 5.32 Å². The minimum Gasteiger partial charge on any atom is -0.478 e. The number of allylic oxidation sites excluding steroid dienone is 2. The maximum absolute atomic E-state index is 11.1. The van der Waals surface area contributed by atoms with Crippen LogP contribution in [-0.4, -0.2) is 17.0 Å². The van der Waals surface area contributed by atoms with Crippen LogP contribution in [-0.2, 0) is 9.59 Å². The summed E-state index contributed by atoms with van der Waals surface area (Å²) in [6.07, 6.45) is 0.868. The number of nitrogens with one attached hydrogen (secondary N) is 1. The Morgan fingerprint density at radius 2 is 2.21 bits per heavy atom. The molecule has 0 unspecified atom stereocenters. The predicted molar refractivity (Wildman–Crippen MR) is 48.9 cm³/mol. The molecule has 0 radical (unpaired) electrons. The van der Waals surface area contributed by atoms with Gasteiger partial charge in [-0.05, 0) is 6.92 Å². The first kappa shape index (κ1) is 11.9. The van der Waals surface area contributed by atoms with Crippen LogP contribution in [0.3, 0.4) is 0 Å². The molecule has 0 rings (SSSR count). The number of nitriles is 1. The van der Waals surface area contributed by atoms with Crippen LogP contribution in [0.4, 0.5) is 0 Å². The second-order valence-electron chi connectivity index (χ2n) is 2.59. The van der Waals surface area contributed by atoms with Crippen LogP contribution in [0.2, 0.25) is 0 Å².